The maximum Gasteiger partial charge on any atom is 0.260 e. The molecule has 1 heterocycles. The van der Waals surface area contributed by atoms with E-state index in [1.54, 1.807) is 42.6 Å². The molecule has 0 aliphatic carbocycles. The topological polar surface area (TPSA) is 133 Å². The van der Waals surface area contributed by atoms with Crippen LogP contribution in [0.3, 0.4) is 0 Å². The summed E-state index contributed by atoms with van der Waals surface area (Å²) in [5.74, 6) is 0.461. The molecule has 0 saturated carbocycles. The number of hydrogen-bond acceptors (Lipinski definition) is 8. The van der Waals surface area contributed by atoms with E-state index in [4.69, 9.17) is 15.2 Å². The van der Waals surface area contributed by atoms with Gasteiger partial charge in [-0.15, -0.1) is 0 Å². The van der Waals surface area contributed by atoms with Crippen molar-refractivity contribution in [2.75, 3.05) is 23.4 Å². The summed E-state index contributed by atoms with van der Waals surface area (Å²) in [4.78, 5) is 17.2. The Morgan fingerprint density at radius 2 is 1.85 bits per heavy atom. The van der Waals surface area contributed by atoms with Crippen molar-refractivity contribution in [3.05, 3.63) is 54.2 Å². The minimum Gasteiger partial charge on any atom is -0.490 e. The van der Waals surface area contributed by atoms with Gasteiger partial charge in [0, 0.05) is 17.3 Å². The van der Waals surface area contributed by atoms with Gasteiger partial charge in [0.2, 0.25) is 10.0 Å². The summed E-state index contributed by atoms with van der Waals surface area (Å²) < 4.78 is 37.9. The van der Waals surface area contributed by atoms with Gasteiger partial charge < -0.3 is 20.5 Å². The summed E-state index contributed by atoms with van der Waals surface area (Å²) in [6.07, 6.45) is 1.53. The van der Waals surface area contributed by atoms with Crippen molar-refractivity contribution in [1.29, 1.82) is 0 Å². The fourth-order valence-electron chi connectivity index (χ4n) is 3.37. The van der Waals surface area contributed by atoms with Gasteiger partial charge in [-0.1, -0.05) is 6.07 Å². The molecule has 4 N–H and O–H groups in total. The number of carbonyl (C=O) groups excluding carboxylic acids is 1. The maximum absolute atomic E-state index is 13.1. The highest BCUT2D eigenvalue weighted by atomic mass is 32.2. The van der Waals surface area contributed by atoms with Crippen LogP contribution in [0.2, 0.25) is 0 Å². The highest BCUT2D eigenvalue weighted by molar-refractivity contribution is 7.90. The van der Waals surface area contributed by atoms with Crippen LogP contribution in [0.4, 0.5) is 11.5 Å². The van der Waals surface area contributed by atoms with Gasteiger partial charge in [0.1, 0.15) is 11.9 Å². The van der Waals surface area contributed by atoms with E-state index in [-0.39, 0.29) is 11.9 Å². The standard InChI is InChI=1S/C24H30N4O5S/c1-5-32-21-14-17(7-10-20(21)33-15(3)4)22(24(29)28-34(30,31)6-2)27-18-8-9-19-16(13-18)11-12-26-23(19)25/h7-15,22,27H,5-6H2,1-4H3,(H2,25,26)(H,28,29). The SMILES string of the molecule is CCOc1cc(C(Nc2ccc3c(N)nccc3c2)C(=O)NS(=O)(=O)CC)ccc1OC(C)C. The zero-order valence-corrected chi connectivity index (χ0v) is 20.5. The van der Waals surface area contributed by atoms with Crippen molar-refractivity contribution >= 4 is 38.2 Å². The first-order valence-electron chi connectivity index (χ1n) is 11.0. The number of nitrogens with zero attached hydrogens (tertiary/aromatic N) is 1. The van der Waals surface area contributed by atoms with Crippen LogP contribution in [0.15, 0.2) is 48.7 Å². The third-order valence-electron chi connectivity index (χ3n) is 4.97. The van der Waals surface area contributed by atoms with E-state index < -0.39 is 22.0 Å². The summed E-state index contributed by atoms with van der Waals surface area (Å²) in [7, 11) is -3.77. The van der Waals surface area contributed by atoms with Crippen LogP contribution in [-0.4, -0.2) is 37.8 Å². The highest BCUT2D eigenvalue weighted by Crippen LogP contribution is 2.33. The van der Waals surface area contributed by atoms with Gasteiger partial charge in [-0.05, 0) is 75.0 Å². The second-order valence-electron chi connectivity index (χ2n) is 7.88. The van der Waals surface area contributed by atoms with Crippen molar-refractivity contribution in [3.63, 3.8) is 0 Å². The molecule has 1 aromatic heterocycles. The number of fused-ring (bicyclic) bond motifs is 1. The lowest BCUT2D eigenvalue weighted by molar-refractivity contribution is -0.120. The normalized spacial score (nSPS) is 12.4. The van der Waals surface area contributed by atoms with E-state index in [9.17, 15) is 13.2 Å². The molecule has 10 heteroatoms. The average Bonchev–Trinajstić information content (AvgIpc) is 2.78. The van der Waals surface area contributed by atoms with Crippen LogP contribution < -0.4 is 25.2 Å². The van der Waals surface area contributed by atoms with E-state index in [2.05, 4.69) is 15.0 Å². The third-order valence-corrected chi connectivity index (χ3v) is 6.24. The van der Waals surface area contributed by atoms with Crippen LogP contribution in [0, 0.1) is 0 Å². The van der Waals surface area contributed by atoms with Crippen LogP contribution >= 0.6 is 0 Å². The van der Waals surface area contributed by atoms with Crippen LogP contribution in [0.1, 0.15) is 39.3 Å². The third kappa shape index (κ3) is 6.07. The summed E-state index contributed by atoms with van der Waals surface area (Å²) in [6.45, 7) is 7.51. The van der Waals surface area contributed by atoms with Crippen LogP contribution in [-0.2, 0) is 14.8 Å². The monoisotopic (exact) mass is 486 g/mol. The number of sulfonamides is 1. The molecule has 0 bridgehead atoms. The Labute approximate surface area is 199 Å². The molecule has 182 valence electrons. The first-order valence-corrected chi connectivity index (χ1v) is 12.7. The van der Waals surface area contributed by atoms with Crippen molar-refractivity contribution in [2.45, 2.75) is 39.8 Å². The van der Waals surface area contributed by atoms with E-state index in [1.165, 1.54) is 6.92 Å². The number of pyridine rings is 1. The summed E-state index contributed by atoms with van der Waals surface area (Å²) in [5, 5.41) is 4.75. The molecule has 0 aliphatic rings. The number of anilines is 2. The van der Waals surface area contributed by atoms with Gasteiger partial charge in [-0.25, -0.2) is 13.4 Å². The molecule has 2 aromatic carbocycles. The minimum atomic E-state index is -3.77. The molecule has 0 saturated heterocycles. The molecule has 3 aromatic rings. The Bertz CT molecular complexity index is 1280. The van der Waals surface area contributed by atoms with E-state index in [1.807, 2.05) is 26.8 Å². The van der Waals surface area contributed by atoms with Gasteiger partial charge in [-0.3, -0.25) is 9.52 Å². The predicted octanol–water partition coefficient (Wildman–Crippen LogP) is 3.62. The number of benzene rings is 2. The highest BCUT2D eigenvalue weighted by Gasteiger charge is 2.26. The molecule has 0 spiro atoms. The number of ether oxygens (including phenoxy) is 2. The fourth-order valence-corrected chi connectivity index (χ4v) is 3.93. The number of aromatic nitrogens is 1. The zero-order chi connectivity index (χ0) is 24.9. The number of nitrogen functional groups attached to an aromatic ring is 1. The first-order chi connectivity index (χ1) is 16.1. The van der Waals surface area contributed by atoms with Crippen LogP contribution in [0.25, 0.3) is 10.8 Å². The predicted molar refractivity (Wildman–Crippen MR) is 133 cm³/mol. The molecule has 34 heavy (non-hydrogen) atoms. The number of amides is 1. The lowest BCUT2D eigenvalue weighted by atomic mass is 10.0. The molecule has 0 fully saturated rings. The lowest BCUT2D eigenvalue weighted by Crippen LogP contribution is -2.38. The van der Waals surface area contributed by atoms with Crippen molar-refractivity contribution in [2.24, 2.45) is 0 Å². The van der Waals surface area contributed by atoms with Crippen LogP contribution in [0.5, 0.6) is 11.5 Å². The van der Waals surface area contributed by atoms with Gasteiger partial charge in [0.15, 0.2) is 11.5 Å². The maximum atomic E-state index is 13.1. The molecule has 3 rings (SSSR count). The second kappa shape index (κ2) is 10.6. The molecule has 0 radical (unpaired) electrons. The number of nitrogens with one attached hydrogen (secondary N) is 2. The van der Waals surface area contributed by atoms with E-state index in [0.29, 0.717) is 35.2 Å². The molecule has 1 amide bonds. The fraction of sp³-hybridized carbons (Fsp3) is 0.333. The number of rotatable bonds is 10. The molecule has 9 nitrogen and oxygen atoms in total. The van der Waals surface area contributed by atoms with E-state index >= 15 is 0 Å². The molecule has 1 atom stereocenters. The number of carbonyl (C=O) groups is 1. The Balaban J connectivity index is 2.03. The molecular formula is C24H30N4O5S. The summed E-state index contributed by atoms with van der Waals surface area (Å²) >= 11 is 0. The Kier molecular flexibility index (Phi) is 7.83. The Morgan fingerprint density at radius 1 is 1.09 bits per heavy atom. The van der Waals surface area contributed by atoms with Gasteiger partial charge in [-0.2, -0.15) is 0 Å². The first kappa shape index (κ1) is 25.1. The molecular weight excluding hydrogens is 456 g/mol. The van der Waals surface area contributed by atoms with Gasteiger partial charge in [0.05, 0.1) is 18.5 Å². The smallest absolute Gasteiger partial charge is 0.260 e. The lowest BCUT2D eigenvalue weighted by Gasteiger charge is -2.22. The quantitative estimate of drug-likeness (QED) is 0.396. The number of nitrogens with two attached hydrogens (primary N) is 1. The van der Waals surface area contributed by atoms with Crippen molar-refractivity contribution in [3.8, 4) is 11.5 Å². The largest absolute Gasteiger partial charge is 0.490 e. The zero-order valence-electron chi connectivity index (χ0n) is 19.7. The average molecular weight is 487 g/mol. The summed E-state index contributed by atoms with van der Waals surface area (Å²) in [6, 6.07) is 11.3. The number of hydrogen-bond donors (Lipinski definition) is 3. The Hall–Kier alpha value is -3.53. The molecule has 0 aliphatic heterocycles. The summed E-state index contributed by atoms with van der Waals surface area (Å²) in [5.41, 5.74) is 7.05. The van der Waals surface area contributed by atoms with Gasteiger partial charge >= 0.3 is 0 Å². The van der Waals surface area contributed by atoms with Gasteiger partial charge in [0.25, 0.3) is 5.91 Å². The van der Waals surface area contributed by atoms with E-state index in [0.717, 1.165) is 10.8 Å². The van der Waals surface area contributed by atoms with Crippen molar-refractivity contribution < 1.29 is 22.7 Å². The molecule has 1 unspecified atom stereocenters. The van der Waals surface area contributed by atoms with Crippen molar-refractivity contribution in [1.82, 2.24) is 9.71 Å². The minimum absolute atomic E-state index is 0.0727. The second-order valence-corrected chi connectivity index (χ2v) is 9.90. The Morgan fingerprint density at radius 3 is 2.53 bits per heavy atom.